The van der Waals surface area contributed by atoms with Crippen LogP contribution in [0.1, 0.15) is 28.9 Å². The Kier molecular flexibility index (Phi) is 4.40. The number of hydrogen-bond acceptors (Lipinski definition) is 2. The van der Waals surface area contributed by atoms with Crippen molar-refractivity contribution in [2.75, 3.05) is 7.05 Å². The molecule has 0 N–H and O–H groups in total. The fourth-order valence-electron chi connectivity index (χ4n) is 2.06. The second kappa shape index (κ2) is 6.09. The van der Waals surface area contributed by atoms with Crippen LogP contribution in [-0.4, -0.2) is 22.4 Å². The standard InChI is InChI=1S/C16H16F2N2O2/c1-10(11-4-5-13(17)14(18)8-11)20(3)16(22)12-6-7-19(2)15(21)9-12/h4-10H,1-3H3. The Hall–Kier alpha value is -2.50. The second-order valence-electron chi connectivity index (χ2n) is 5.13. The number of carbonyl (C=O) groups is 1. The van der Waals surface area contributed by atoms with Crippen molar-refractivity contribution in [3.63, 3.8) is 0 Å². The molecule has 0 saturated carbocycles. The highest BCUT2D eigenvalue weighted by Gasteiger charge is 2.20. The van der Waals surface area contributed by atoms with Gasteiger partial charge in [0.25, 0.3) is 11.5 Å². The first-order valence-electron chi connectivity index (χ1n) is 6.70. The van der Waals surface area contributed by atoms with Crippen molar-refractivity contribution in [3.05, 3.63) is 69.6 Å². The van der Waals surface area contributed by atoms with E-state index >= 15 is 0 Å². The fraction of sp³-hybridized carbons (Fsp3) is 0.250. The molecule has 1 heterocycles. The molecule has 0 aliphatic heterocycles. The number of nitrogens with zero attached hydrogens (tertiary/aromatic N) is 2. The summed E-state index contributed by atoms with van der Waals surface area (Å²) >= 11 is 0. The van der Waals surface area contributed by atoms with Crippen LogP contribution in [0.3, 0.4) is 0 Å². The van der Waals surface area contributed by atoms with E-state index in [4.69, 9.17) is 0 Å². The molecule has 4 nitrogen and oxygen atoms in total. The van der Waals surface area contributed by atoms with E-state index in [9.17, 15) is 18.4 Å². The van der Waals surface area contributed by atoms with Crippen molar-refractivity contribution >= 4 is 5.91 Å². The molecule has 1 unspecified atom stereocenters. The van der Waals surface area contributed by atoms with Crippen LogP contribution in [0.2, 0.25) is 0 Å². The zero-order chi connectivity index (χ0) is 16.4. The van der Waals surface area contributed by atoms with E-state index in [-0.39, 0.29) is 17.0 Å². The van der Waals surface area contributed by atoms with Crippen LogP contribution in [0.25, 0.3) is 0 Å². The molecule has 2 aromatic rings. The fourth-order valence-corrected chi connectivity index (χ4v) is 2.06. The lowest BCUT2D eigenvalue weighted by Crippen LogP contribution is -2.31. The van der Waals surface area contributed by atoms with Crippen LogP contribution in [0, 0.1) is 11.6 Å². The molecule has 0 saturated heterocycles. The third-order valence-electron chi connectivity index (χ3n) is 3.68. The van der Waals surface area contributed by atoms with E-state index < -0.39 is 17.7 Å². The summed E-state index contributed by atoms with van der Waals surface area (Å²) in [6.45, 7) is 1.70. The predicted octanol–water partition coefficient (Wildman–Crippen LogP) is 2.50. The summed E-state index contributed by atoms with van der Waals surface area (Å²) in [6.07, 6.45) is 1.51. The smallest absolute Gasteiger partial charge is 0.254 e. The van der Waals surface area contributed by atoms with E-state index in [2.05, 4.69) is 0 Å². The Morgan fingerprint density at radius 3 is 2.45 bits per heavy atom. The molecular weight excluding hydrogens is 290 g/mol. The summed E-state index contributed by atoms with van der Waals surface area (Å²) in [6, 6.07) is 5.84. The molecule has 0 aliphatic carbocycles. The molecule has 0 spiro atoms. The normalized spacial score (nSPS) is 12.0. The lowest BCUT2D eigenvalue weighted by Gasteiger charge is -2.25. The summed E-state index contributed by atoms with van der Waals surface area (Å²) in [4.78, 5) is 25.4. The average molecular weight is 306 g/mol. The van der Waals surface area contributed by atoms with E-state index in [0.717, 1.165) is 12.1 Å². The van der Waals surface area contributed by atoms with Crippen LogP contribution in [-0.2, 0) is 7.05 Å². The number of hydrogen-bond donors (Lipinski definition) is 0. The number of aryl methyl sites for hydroxylation is 1. The third-order valence-corrected chi connectivity index (χ3v) is 3.68. The summed E-state index contributed by atoms with van der Waals surface area (Å²) < 4.78 is 27.6. The molecule has 22 heavy (non-hydrogen) atoms. The van der Waals surface area contributed by atoms with Crippen molar-refractivity contribution in [3.8, 4) is 0 Å². The van der Waals surface area contributed by atoms with Gasteiger partial charge in [-0.3, -0.25) is 9.59 Å². The van der Waals surface area contributed by atoms with Crippen molar-refractivity contribution in [2.24, 2.45) is 7.05 Å². The molecule has 1 aromatic carbocycles. The monoisotopic (exact) mass is 306 g/mol. The molecule has 116 valence electrons. The first kappa shape index (κ1) is 15.9. The molecule has 0 fully saturated rings. The Morgan fingerprint density at radius 1 is 1.18 bits per heavy atom. The van der Waals surface area contributed by atoms with Gasteiger partial charge in [0, 0.05) is 31.9 Å². The highest BCUT2D eigenvalue weighted by atomic mass is 19.2. The quantitative estimate of drug-likeness (QED) is 0.874. The minimum Gasteiger partial charge on any atom is -0.335 e. The van der Waals surface area contributed by atoms with Crippen LogP contribution in [0.4, 0.5) is 8.78 Å². The largest absolute Gasteiger partial charge is 0.335 e. The number of amides is 1. The summed E-state index contributed by atoms with van der Waals surface area (Å²) in [5.41, 5.74) is 0.429. The number of rotatable bonds is 3. The molecule has 1 aromatic heterocycles. The molecule has 1 atom stereocenters. The molecule has 6 heteroatoms. The van der Waals surface area contributed by atoms with Gasteiger partial charge in [0.2, 0.25) is 0 Å². The zero-order valence-corrected chi connectivity index (χ0v) is 12.5. The second-order valence-corrected chi connectivity index (χ2v) is 5.13. The minimum atomic E-state index is -0.959. The number of aromatic nitrogens is 1. The topological polar surface area (TPSA) is 42.3 Å². The Balaban J connectivity index is 2.27. The molecule has 2 rings (SSSR count). The summed E-state index contributed by atoms with van der Waals surface area (Å²) in [7, 11) is 3.13. The van der Waals surface area contributed by atoms with Crippen LogP contribution in [0.15, 0.2) is 41.3 Å². The molecular formula is C16H16F2N2O2. The molecule has 0 radical (unpaired) electrons. The first-order chi connectivity index (χ1) is 10.3. The van der Waals surface area contributed by atoms with E-state index in [1.807, 2.05) is 0 Å². The number of halogens is 2. The maximum Gasteiger partial charge on any atom is 0.254 e. The van der Waals surface area contributed by atoms with Gasteiger partial charge in [-0.1, -0.05) is 6.07 Å². The highest BCUT2D eigenvalue weighted by molar-refractivity contribution is 5.94. The van der Waals surface area contributed by atoms with Gasteiger partial charge >= 0.3 is 0 Å². The Bertz CT molecular complexity index is 771. The number of benzene rings is 1. The highest BCUT2D eigenvalue weighted by Crippen LogP contribution is 2.22. The van der Waals surface area contributed by atoms with Crippen molar-refractivity contribution in [1.82, 2.24) is 9.47 Å². The number of carbonyl (C=O) groups excluding carboxylic acids is 1. The molecule has 1 amide bonds. The Labute approximate surface area is 126 Å². The van der Waals surface area contributed by atoms with E-state index in [1.165, 1.54) is 33.9 Å². The first-order valence-corrected chi connectivity index (χ1v) is 6.70. The zero-order valence-electron chi connectivity index (χ0n) is 12.5. The van der Waals surface area contributed by atoms with Gasteiger partial charge in [0.1, 0.15) is 0 Å². The van der Waals surface area contributed by atoms with Crippen molar-refractivity contribution in [2.45, 2.75) is 13.0 Å². The van der Waals surface area contributed by atoms with Crippen LogP contribution >= 0.6 is 0 Å². The van der Waals surface area contributed by atoms with Gasteiger partial charge in [0.15, 0.2) is 11.6 Å². The molecule has 0 bridgehead atoms. The van der Waals surface area contributed by atoms with Gasteiger partial charge in [-0.25, -0.2) is 8.78 Å². The maximum absolute atomic E-state index is 13.3. The van der Waals surface area contributed by atoms with Gasteiger partial charge < -0.3 is 9.47 Å². The van der Waals surface area contributed by atoms with E-state index in [1.54, 1.807) is 21.0 Å². The minimum absolute atomic E-state index is 0.250. The van der Waals surface area contributed by atoms with E-state index in [0.29, 0.717) is 5.56 Å². The molecule has 0 aliphatic rings. The predicted molar refractivity (Wildman–Crippen MR) is 78.5 cm³/mol. The average Bonchev–Trinajstić information content (AvgIpc) is 2.50. The number of pyridine rings is 1. The lowest BCUT2D eigenvalue weighted by molar-refractivity contribution is 0.0742. The van der Waals surface area contributed by atoms with Crippen LogP contribution < -0.4 is 5.56 Å². The SMILES string of the molecule is CC(c1ccc(F)c(F)c1)N(C)C(=O)c1ccn(C)c(=O)c1. The van der Waals surface area contributed by atoms with Gasteiger partial charge in [-0.2, -0.15) is 0 Å². The van der Waals surface area contributed by atoms with Gasteiger partial charge in [0.05, 0.1) is 6.04 Å². The van der Waals surface area contributed by atoms with Gasteiger partial charge in [-0.05, 0) is 30.7 Å². The van der Waals surface area contributed by atoms with Crippen LogP contribution in [0.5, 0.6) is 0 Å². The third kappa shape index (κ3) is 3.05. The van der Waals surface area contributed by atoms with Crippen molar-refractivity contribution in [1.29, 1.82) is 0 Å². The summed E-state index contributed by atoms with van der Waals surface area (Å²) in [5.74, 6) is -2.26. The summed E-state index contributed by atoms with van der Waals surface area (Å²) in [5, 5.41) is 0. The van der Waals surface area contributed by atoms with Gasteiger partial charge in [-0.15, -0.1) is 0 Å². The van der Waals surface area contributed by atoms with Crippen molar-refractivity contribution < 1.29 is 13.6 Å². The maximum atomic E-state index is 13.3. The Morgan fingerprint density at radius 2 is 1.86 bits per heavy atom. The lowest BCUT2D eigenvalue weighted by atomic mass is 10.1.